The van der Waals surface area contributed by atoms with Crippen molar-refractivity contribution in [3.63, 3.8) is 0 Å². The highest BCUT2D eigenvalue weighted by Gasteiger charge is 2.22. The topological polar surface area (TPSA) is 0 Å². The molecule has 0 radical (unpaired) electrons. The molecule has 0 nitrogen and oxygen atoms in total. The zero-order valence-electron chi connectivity index (χ0n) is 12.7. The molecule has 0 aliphatic heterocycles. The molecule has 0 N–H and O–H groups in total. The Hall–Kier alpha value is -1.34. The quantitative estimate of drug-likeness (QED) is 0.616. The standard InChI is InChI=1S/C20H21Br/c1-3-4-5-15-7-10-16(11-8-15)18-13-12-17-9-6-14(2)20(21)19(17)18/h6-13,18H,3-5H2,1-2H3. The summed E-state index contributed by atoms with van der Waals surface area (Å²) >= 11 is 3.78. The van der Waals surface area contributed by atoms with E-state index in [0.29, 0.717) is 5.92 Å². The molecule has 1 atom stereocenters. The zero-order valence-corrected chi connectivity index (χ0v) is 14.3. The predicted octanol–water partition coefficient (Wildman–Crippen LogP) is 6.26. The third kappa shape index (κ3) is 2.85. The summed E-state index contributed by atoms with van der Waals surface area (Å²) < 4.78 is 1.25. The number of rotatable bonds is 4. The van der Waals surface area contributed by atoms with Gasteiger partial charge in [-0.1, -0.05) is 77.8 Å². The van der Waals surface area contributed by atoms with Crippen molar-refractivity contribution in [1.29, 1.82) is 0 Å². The lowest BCUT2D eigenvalue weighted by Gasteiger charge is -2.15. The van der Waals surface area contributed by atoms with Gasteiger partial charge in [-0.05, 0) is 47.6 Å². The average molecular weight is 341 g/mol. The van der Waals surface area contributed by atoms with Gasteiger partial charge in [0.05, 0.1) is 0 Å². The van der Waals surface area contributed by atoms with E-state index in [0.717, 1.165) is 0 Å². The summed E-state index contributed by atoms with van der Waals surface area (Å²) in [6.45, 7) is 4.40. The van der Waals surface area contributed by atoms with Crippen LogP contribution < -0.4 is 0 Å². The van der Waals surface area contributed by atoms with Crippen LogP contribution in [0.3, 0.4) is 0 Å². The van der Waals surface area contributed by atoms with Crippen molar-refractivity contribution in [3.8, 4) is 0 Å². The fourth-order valence-corrected chi connectivity index (χ4v) is 3.63. The number of hydrogen-bond acceptors (Lipinski definition) is 0. The fourth-order valence-electron chi connectivity index (χ4n) is 3.02. The molecule has 1 aliphatic carbocycles. The van der Waals surface area contributed by atoms with E-state index in [1.54, 1.807) is 0 Å². The zero-order chi connectivity index (χ0) is 14.8. The van der Waals surface area contributed by atoms with E-state index < -0.39 is 0 Å². The van der Waals surface area contributed by atoms with E-state index in [1.807, 2.05) is 0 Å². The van der Waals surface area contributed by atoms with Crippen molar-refractivity contribution < 1.29 is 0 Å². The van der Waals surface area contributed by atoms with Gasteiger partial charge in [0.1, 0.15) is 0 Å². The van der Waals surface area contributed by atoms with E-state index in [4.69, 9.17) is 0 Å². The van der Waals surface area contributed by atoms with Crippen LogP contribution in [0.1, 0.15) is 53.5 Å². The van der Waals surface area contributed by atoms with Crippen LogP contribution in [0.2, 0.25) is 0 Å². The Morgan fingerprint density at radius 3 is 2.52 bits per heavy atom. The van der Waals surface area contributed by atoms with E-state index in [1.165, 1.54) is 51.6 Å². The summed E-state index contributed by atoms with van der Waals surface area (Å²) in [7, 11) is 0. The summed E-state index contributed by atoms with van der Waals surface area (Å²) in [6.07, 6.45) is 8.28. The van der Waals surface area contributed by atoms with E-state index >= 15 is 0 Å². The Kier molecular flexibility index (Phi) is 4.30. The van der Waals surface area contributed by atoms with Gasteiger partial charge in [-0.25, -0.2) is 0 Å². The molecule has 21 heavy (non-hydrogen) atoms. The molecule has 0 amide bonds. The molecule has 0 saturated carbocycles. The molecule has 1 aliphatic rings. The van der Waals surface area contributed by atoms with Crippen LogP contribution in [0.15, 0.2) is 46.9 Å². The minimum absolute atomic E-state index is 0.384. The first-order valence-electron chi connectivity index (χ1n) is 7.76. The van der Waals surface area contributed by atoms with Gasteiger partial charge in [-0.15, -0.1) is 0 Å². The minimum atomic E-state index is 0.384. The minimum Gasteiger partial charge on any atom is -0.0720 e. The van der Waals surface area contributed by atoms with Crippen LogP contribution in [-0.4, -0.2) is 0 Å². The number of benzene rings is 2. The van der Waals surface area contributed by atoms with E-state index in [9.17, 15) is 0 Å². The summed E-state index contributed by atoms with van der Waals surface area (Å²) in [5.74, 6) is 0.384. The van der Waals surface area contributed by atoms with Crippen LogP contribution in [0.25, 0.3) is 6.08 Å². The van der Waals surface area contributed by atoms with Gasteiger partial charge in [0.15, 0.2) is 0 Å². The van der Waals surface area contributed by atoms with Crippen LogP contribution in [-0.2, 0) is 6.42 Å². The van der Waals surface area contributed by atoms with Crippen molar-refractivity contribution >= 4 is 22.0 Å². The van der Waals surface area contributed by atoms with Crippen LogP contribution in [0.4, 0.5) is 0 Å². The number of aryl methyl sites for hydroxylation is 2. The maximum atomic E-state index is 3.78. The second kappa shape index (κ2) is 6.19. The maximum Gasteiger partial charge on any atom is 0.0290 e. The molecule has 1 heteroatoms. The molecule has 0 bridgehead atoms. The monoisotopic (exact) mass is 340 g/mol. The number of hydrogen-bond donors (Lipinski definition) is 0. The number of unbranched alkanes of at least 4 members (excludes halogenated alkanes) is 1. The highest BCUT2D eigenvalue weighted by Crippen LogP contribution is 2.41. The van der Waals surface area contributed by atoms with E-state index in [-0.39, 0.29) is 0 Å². The molecule has 108 valence electrons. The van der Waals surface area contributed by atoms with Crippen molar-refractivity contribution in [1.82, 2.24) is 0 Å². The third-order valence-corrected chi connectivity index (χ3v) is 5.40. The lowest BCUT2D eigenvalue weighted by molar-refractivity contribution is 0.794. The normalized spacial score (nSPS) is 16.2. The molecule has 2 aromatic carbocycles. The summed E-state index contributed by atoms with van der Waals surface area (Å²) in [5.41, 5.74) is 6.90. The first-order valence-corrected chi connectivity index (χ1v) is 8.56. The second-order valence-corrected chi connectivity index (χ2v) is 6.67. The Morgan fingerprint density at radius 2 is 1.81 bits per heavy atom. The molecule has 1 unspecified atom stereocenters. The number of fused-ring (bicyclic) bond motifs is 1. The van der Waals surface area contributed by atoms with Gasteiger partial charge in [0.25, 0.3) is 0 Å². The van der Waals surface area contributed by atoms with Gasteiger partial charge in [-0.3, -0.25) is 0 Å². The molecular weight excluding hydrogens is 320 g/mol. The van der Waals surface area contributed by atoms with Crippen LogP contribution in [0.5, 0.6) is 0 Å². The lowest BCUT2D eigenvalue weighted by Crippen LogP contribution is -1.99. The van der Waals surface area contributed by atoms with Gasteiger partial charge >= 0.3 is 0 Å². The smallest absolute Gasteiger partial charge is 0.0290 e. The van der Waals surface area contributed by atoms with Crippen molar-refractivity contribution in [3.05, 3.63) is 74.8 Å². The molecule has 0 saturated heterocycles. The second-order valence-electron chi connectivity index (χ2n) is 5.88. The maximum absolute atomic E-state index is 3.78. The largest absolute Gasteiger partial charge is 0.0720 e. The van der Waals surface area contributed by atoms with Crippen LogP contribution in [0, 0.1) is 6.92 Å². The molecule has 3 rings (SSSR count). The van der Waals surface area contributed by atoms with E-state index in [2.05, 4.69) is 78.3 Å². The Morgan fingerprint density at radius 1 is 1.05 bits per heavy atom. The van der Waals surface area contributed by atoms with Gasteiger partial charge in [0, 0.05) is 10.4 Å². The summed E-state index contributed by atoms with van der Waals surface area (Å²) in [4.78, 5) is 0. The third-order valence-electron chi connectivity index (χ3n) is 4.34. The van der Waals surface area contributed by atoms with Crippen molar-refractivity contribution in [2.45, 2.75) is 39.0 Å². The average Bonchev–Trinajstić information content (AvgIpc) is 2.94. The molecule has 2 aromatic rings. The SMILES string of the molecule is CCCCc1ccc(C2C=Cc3ccc(C)c(Br)c32)cc1. The lowest BCUT2D eigenvalue weighted by atomic mass is 9.91. The molecule has 0 aromatic heterocycles. The number of halogens is 1. The molecule has 0 spiro atoms. The molecule has 0 heterocycles. The van der Waals surface area contributed by atoms with Crippen molar-refractivity contribution in [2.75, 3.05) is 0 Å². The first-order chi connectivity index (χ1) is 10.2. The number of allylic oxidation sites excluding steroid dienone is 1. The van der Waals surface area contributed by atoms with Gasteiger partial charge in [-0.2, -0.15) is 0 Å². The highest BCUT2D eigenvalue weighted by atomic mass is 79.9. The van der Waals surface area contributed by atoms with Gasteiger partial charge in [0.2, 0.25) is 0 Å². The van der Waals surface area contributed by atoms with Gasteiger partial charge < -0.3 is 0 Å². The van der Waals surface area contributed by atoms with Crippen LogP contribution >= 0.6 is 15.9 Å². The fraction of sp³-hybridized carbons (Fsp3) is 0.300. The highest BCUT2D eigenvalue weighted by molar-refractivity contribution is 9.10. The Labute approximate surface area is 136 Å². The summed E-state index contributed by atoms with van der Waals surface area (Å²) in [5, 5.41) is 0. The summed E-state index contributed by atoms with van der Waals surface area (Å²) in [6, 6.07) is 13.6. The Balaban J connectivity index is 1.90. The molecular formula is C20H21Br. The first kappa shape index (κ1) is 14.6. The predicted molar refractivity (Wildman–Crippen MR) is 94.8 cm³/mol. The van der Waals surface area contributed by atoms with Crippen molar-refractivity contribution in [2.24, 2.45) is 0 Å². The Bertz CT molecular complexity index is 665. The molecule has 0 fully saturated rings.